The average Bonchev–Trinajstić information content (AvgIpc) is 2.40. The van der Waals surface area contributed by atoms with E-state index >= 15 is 0 Å². The third-order valence-corrected chi connectivity index (χ3v) is 4.31. The molecular formula is C16H27N3. The van der Waals surface area contributed by atoms with Gasteiger partial charge in [0, 0.05) is 41.8 Å². The van der Waals surface area contributed by atoms with Crippen molar-refractivity contribution in [3.05, 3.63) is 23.0 Å². The van der Waals surface area contributed by atoms with Crippen molar-refractivity contribution in [1.82, 2.24) is 4.98 Å². The Bertz CT molecular complexity index is 422. The maximum Gasteiger partial charge on any atom is 0.0450 e. The SMILES string of the molecule is CCN(c1cc(C)nc(C)c1CN)C1CCCCC1. The first kappa shape index (κ1) is 14.3. The molecule has 1 aromatic heterocycles. The number of hydrogen-bond acceptors (Lipinski definition) is 3. The minimum atomic E-state index is 0.581. The summed E-state index contributed by atoms with van der Waals surface area (Å²) < 4.78 is 0. The Hall–Kier alpha value is -1.09. The highest BCUT2D eigenvalue weighted by Gasteiger charge is 2.22. The Morgan fingerprint density at radius 2 is 1.95 bits per heavy atom. The molecule has 0 aromatic carbocycles. The standard InChI is InChI=1S/C16H27N3/c1-4-19(14-8-6-5-7-9-14)16-10-12(2)18-13(3)15(16)11-17/h10,14H,4-9,11,17H2,1-3H3. The Morgan fingerprint density at radius 3 is 2.53 bits per heavy atom. The quantitative estimate of drug-likeness (QED) is 0.904. The summed E-state index contributed by atoms with van der Waals surface area (Å²) in [6.45, 7) is 8.04. The van der Waals surface area contributed by atoms with Crippen LogP contribution in [-0.4, -0.2) is 17.6 Å². The number of nitrogens with two attached hydrogens (primary N) is 1. The molecule has 2 N–H and O–H groups in total. The summed E-state index contributed by atoms with van der Waals surface area (Å²) in [7, 11) is 0. The van der Waals surface area contributed by atoms with E-state index in [1.54, 1.807) is 0 Å². The zero-order chi connectivity index (χ0) is 13.8. The van der Waals surface area contributed by atoms with Gasteiger partial charge < -0.3 is 10.6 Å². The van der Waals surface area contributed by atoms with Gasteiger partial charge in [0.1, 0.15) is 0 Å². The van der Waals surface area contributed by atoms with E-state index in [0.717, 1.165) is 17.9 Å². The normalized spacial score (nSPS) is 16.6. The van der Waals surface area contributed by atoms with Crippen LogP contribution in [0.4, 0.5) is 5.69 Å². The number of nitrogens with zero attached hydrogens (tertiary/aromatic N) is 2. The van der Waals surface area contributed by atoms with Crippen molar-refractivity contribution in [1.29, 1.82) is 0 Å². The van der Waals surface area contributed by atoms with Crippen LogP contribution in [0.3, 0.4) is 0 Å². The van der Waals surface area contributed by atoms with Gasteiger partial charge in [-0.25, -0.2) is 0 Å². The van der Waals surface area contributed by atoms with Gasteiger partial charge in [0.05, 0.1) is 0 Å². The summed E-state index contributed by atoms with van der Waals surface area (Å²) in [6.07, 6.45) is 6.76. The second-order valence-electron chi connectivity index (χ2n) is 5.63. The van der Waals surface area contributed by atoms with Gasteiger partial charge in [-0.15, -0.1) is 0 Å². The highest BCUT2D eigenvalue weighted by molar-refractivity contribution is 5.56. The molecule has 19 heavy (non-hydrogen) atoms. The summed E-state index contributed by atoms with van der Waals surface area (Å²) in [6, 6.07) is 2.90. The van der Waals surface area contributed by atoms with Crippen molar-refractivity contribution in [2.75, 3.05) is 11.4 Å². The van der Waals surface area contributed by atoms with E-state index in [1.165, 1.54) is 43.4 Å². The molecule has 0 bridgehead atoms. The van der Waals surface area contributed by atoms with Crippen LogP contribution >= 0.6 is 0 Å². The van der Waals surface area contributed by atoms with Crippen LogP contribution in [0.1, 0.15) is 56.0 Å². The third kappa shape index (κ3) is 3.08. The lowest BCUT2D eigenvalue weighted by atomic mass is 9.93. The van der Waals surface area contributed by atoms with E-state index < -0.39 is 0 Å². The molecule has 0 atom stereocenters. The molecule has 1 aliphatic carbocycles. The van der Waals surface area contributed by atoms with Gasteiger partial charge in [-0.3, -0.25) is 4.98 Å². The van der Waals surface area contributed by atoms with Crippen molar-refractivity contribution in [3.8, 4) is 0 Å². The van der Waals surface area contributed by atoms with Crippen molar-refractivity contribution >= 4 is 5.69 Å². The van der Waals surface area contributed by atoms with Crippen LogP contribution in [-0.2, 0) is 6.54 Å². The van der Waals surface area contributed by atoms with E-state index in [4.69, 9.17) is 5.73 Å². The van der Waals surface area contributed by atoms with Gasteiger partial charge in [0.25, 0.3) is 0 Å². The molecule has 106 valence electrons. The highest BCUT2D eigenvalue weighted by Crippen LogP contribution is 2.30. The van der Waals surface area contributed by atoms with Crippen LogP contribution in [0.5, 0.6) is 0 Å². The zero-order valence-electron chi connectivity index (χ0n) is 12.6. The first-order chi connectivity index (χ1) is 9.17. The molecule has 1 aliphatic rings. The van der Waals surface area contributed by atoms with E-state index in [9.17, 15) is 0 Å². The van der Waals surface area contributed by atoms with E-state index in [1.807, 2.05) is 0 Å². The van der Waals surface area contributed by atoms with Gasteiger partial charge in [-0.1, -0.05) is 19.3 Å². The maximum atomic E-state index is 5.96. The second kappa shape index (κ2) is 6.38. The number of anilines is 1. The number of hydrogen-bond donors (Lipinski definition) is 1. The summed E-state index contributed by atoms with van der Waals surface area (Å²) in [4.78, 5) is 7.12. The maximum absolute atomic E-state index is 5.96. The van der Waals surface area contributed by atoms with Crippen molar-refractivity contribution in [3.63, 3.8) is 0 Å². The largest absolute Gasteiger partial charge is 0.368 e. The van der Waals surface area contributed by atoms with Crippen molar-refractivity contribution < 1.29 is 0 Å². The van der Waals surface area contributed by atoms with Crippen molar-refractivity contribution in [2.45, 2.75) is 65.5 Å². The smallest absolute Gasteiger partial charge is 0.0450 e. The van der Waals surface area contributed by atoms with Crippen LogP contribution in [0.15, 0.2) is 6.07 Å². The Labute approximate surface area is 117 Å². The first-order valence-electron chi connectivity index (χ1n) is 7.61. The summed E-state index contributed by atoms with van der Waals surface area (Å²) in [5.74, 6) is 0. The zero-order valence-corrected chi connectivity index (χ0v) is 12.6. The van der Waals surface area contributed by atoms with Crippen LogP contribution in [0, 0.1) is 13.8 Å². The predicted molar refractivity (Wildman–Crippen MR) is 81.5 cm³/mol. The molecule has 0 unspecified atom stereocenters. The van der Waals surface area contributed by atoms with Gasteiger partial charge in [-0.2, -0.15) is 0 Å². The lowest BCUT2D eigenvalue weighted by Gasteiger charge is -2.37. The van der Waals surface area contributed by atoms with Crippen LogP contribution in [0.2, 0.25) is 0 Å². The molecule has 0 saturated heterocycles. The Balaban J connectivity index is 2.36. The number of aromatic nitrogens is 1. The summed E-state index contributed by atoms with van der Waals surface area (Å²) in [5.41, 5.74) is 10.7. The number of pyridine rings is 1. The summed E-state index contributed by atoms with van der Waals surface area (Å²) in [5, 5.41) is 0. The molecule has 0 aliphatic heterocycles. The first-order valence-corrected chi connectivity index (χ1v) is 7.61. The molecule has 3 heteroatoms. The molecule has 0 spiro atoms. The molecule has 1 aromatic rings. The van der Waals surface area contributed by atoms with Crippen LogP contribution in [0.25, 0.3) is 0 Å². The van der Waals surface area contributed by atoms with Gasteiger partial charge >= 0.3 is 0 Å². The number of rotatable bonds is 4. The van der Waals surface area contributed by atoms with Gasteiger partial charge in [0.2, 0.25) is 0 Å². The minimum absolute atomic E-state index is 0.581. The van der Waals surface area contributed by atoms with Crippen molar-refractivity contribution in [2.24, 2.45) is 5.73 Å². The summed E-state index contributed by atoms with van der Waals surface area (Å²) >= 11 is 0. The third-order valence-electron chi connectivity index (χ3n) is 4.31. The lowest BCUT2D eigenvalue weighted by Crippen LogP contribution is -2.37. The molecule has 0 radical (unpaired) electrons. The van der Waals surface area contributed by atoms with E-state index in [-0.39, 0.29) is 0 Å². The topological polar surface area (TPSA) is 42.2 Å². The average molecular weight is 261 g/mol. The molecule has 0 amide bonds. The fourth-order valence-electron chi connectivity index (χ4n) is 3.36. The Kier molecular flexibility index (Phi) is 4.81. The molecule has 2 rings (SSSR count). The van der Waals surface area contributed by atoms with E-state index in [2.05, 4.69) is 36.7 Å². The molecule has 1 fully saturated rings. The molecular weight excluding hydrogens is 234 g/mol. The molecule has 3 nitrogen and oxygen atoms in total. The van der Waals surface area contributed by atoms with Gasteiger partial charge in [-0.05, 0) is 39.7 Å². The predicted octanol–water partition coefficient (Wildman–Crippen LogP) is 3.32. The fraction of sp³-hybridized carbons (Fsp3) is 0.688. The van der Waals surface area contributed by atoms with Gasteiger partial charge in [0.15, 0.2) is 0 Å². The van der Waals surface area contributed by atoms with E-state index in [0.29, 0.717) is 12.6 Å². The Morgan fingerprint density at radius 1 is 1.26 bits per heavy atom. The molecule has 1 heterocycles. The minimum Gasteiger partial charge on any atom is -0.368 e. The molecule has 1 saturated carbocycles. The highest BCUT2D eigenvalue weighted by atomic mass is 15.2. The fourth-order valence-corrected chi connectivity index (χ4v) is 3.36. The lowest BCUT2D eigenvalue weighted by molar-refractivity contribution is 0.417. The number of aryl methyl sites for hydroxylation is 2. The monoisotopic (exact) mass is 261 g/mol. The van der Waals surface area contributed by atoms with Crippen LogP contribution < -0.4 is 10.6 Å². The second-order valence-corrected chi connectivity index (χ2v) is 5.63.